The Morgan fingerprint density at radius 2 is 1.93 bits per heavy atom. The molecule has 0 bridgehead atoms. The monoisotopic (exact) mass is 371 g/mol. The summed E-state index contributed by atoms with van der Waals surface area (Å²) in [5.74, 6) is 1.17. The molecule has 0 atom stereocenters. The normalized spacial score (nSPS) is 11.0. The molecule has 0 saturated heterocycles. The summed E-state index contributed by atoms with van der Waals surface area (Å²) in [6.07, 6.45) is 3.17. The Labute approximate surface area is 160 Å². The number of likely N-dealkylation sites (N-methyl/N-ethyl adjacent to an activating group) is 1. The maximum atomic E-state index is 13.7. The number of methoxy groups -OCH3 is 1. The zero-order valence-corrected chi connectivity index (χ0v) is 16.2. The van der Waals surface area contributed by atoms with Crippen LogP contribution in [-0.4, -0.2) is 31.6 Å². The van der Waals surface area contributed by atoms with Crippen molar-refractivity contribution in [3.8, 4) is 11.5 Å². The van der Waals surface area contributed by atoms with Gasteiger partial charge < -0.3 is 14.4 Å². The number of ether oxygens (including phenoxy) is 2. The third-order valence-corrected chi connectivity index (χ3v) is 3.92. The van der Waals surface area contributed by atoms with E-state index in [0.717, 1.165) is 5.56 Å². The molecule has 0 spiro atoms. The van der Waals surface area contributed by atoms with Crippen molar-refractivity contribution in [3.05, 3.63) is 65.5 Å². The van der Waals surface area contributed by atoms with E-state index in [0.29, 0.717) is 29.6 Å². The first-order valence-corrected chi connectivity index (χ1v) is 8.88. The van der Waals surface area contributed by atoms with Crippen molar-refractivity contribution in [2.75, 3.05) is 20.8 Å². The van der Waals surface area contributed by atoms with Gasteiger partial charge in [-0.2, -0.15) is 0 Å². The van der Waals surface area contributed by atoms with E-state index in [1.165, 1.54) is 17.0 Å². The molecule has 0 fully saturated rings. The third-order valence-electron chi connectivity index (χ3n) is 3.92. The molecule has 0 radical (unpaired) electrons. The minimum atomic E-state index is -0.317. The summed E-state index contributed by atoms with van der Waals surface area (Å²) in [6, 6.07) is 11.9. The van der Waals surface area contributed by atoms with Crippen molar-refractivity contribution >= 4 is 12.0 Å². The lowest BCUT2D eigenvalue weighted by Gasteiger charge is -2.15. The Kier molecular flexibility index (Phi) is 7.41. The van der Waals surface area contributed by atoms with Crippen LogP contribution in [0.25, 0.3) is 6.08 Å². The number of rotatable bonds is 8. The van der Waals surface area contributed by atoms with Gasteiger partial charge in [-0.1, -0.05) is 38.1 Å². The van der Waals surface area contributed by atoms with Gasteiger partial charge in [0.05, 0.1) is 13.7 Å². The van der Waals surface area contributed by atoms with Crippen LogP contribution < -0.4 is 9.47 Å². The van der Waals surface area contributed by atoms with Crippen molar-refractivity contribution in [3.63, 3.8) is 0 Å². The van der Waals surface area contributed by atoms with E-state index in [9.17, 15) is 9.18 Å². The molecule has 0 aliphatic carbocycles. The lowest BCUT2D eigenvalue weighted by Crippen LogP contribution is -2.24. The molecule has 27 heavy (non-hydrogen) atoms. The van der Waals surface area contributed by atoms with Crippen molar-refractivity contribution < 1.29 is 18.7 Å². The molecule has 2 aromatic carbocycles. The molecular weight excluding hydrogens is 345 g/mol. The lowest BCUT2D eigenvalue weighted by atomic mass is 10.1. The maximum Gasteiger partial charge on any atom is 0.246 e. The van der Waals surface area contributed by atoms with Gasteiger partial charge in [-0.15, -0.1) is 0 Å². The topological polar surface area (TPSA) is 38.8 Å². The van der Waals surface area contributed by atoms with Crippen LogP contribution in [0.15, 0.2) is 48.5 Å². The molecule has 0 heterocycles. The van der Waals surface area contributed by atoms with Gasteiger partial charge in [0.15, 0.2) is 11.5 Å². The standard InChI is InChI=1S/C22H26FNO3/c1-16(2)15-27-20-11-9-17(13-21(20)26-4)10-12-22(25)24(3)14-18-7-5-6-8-19(18)23/h5-13,16H,14-15H2,1-4H3/b12-10+. The number of amides is 1. The highest BCUT2D eigenvalue weighted by molar-refractivity contribution is 5.91. The molecule has 0 aliphatic heterocycles. The highest BCUT2D eigenvalue weighted by atomic mass is 19.1. The molecule has 0 N–H and O–H groups in total. The van der Waals surface area contributed by atoms with Gasteiger partial charge in [-0.3, -0.25) is 4.79 Å². The van der Waals surface area contributed by atoms with E-state index in [4.69, 9.17) is 9.47 Å². The number of carbonyl (C=O) groups excluding carboxylic acids is 1. The average molecular weight is 371 g/mol. The number of nitrogens with zero attached hydrogens (tertiary/aromatic N) is 1. The number of carbonyl (C=O) groups is 1. The van der Waals surface area contributed by atoms with Crippen LogP contribution in [0.5, 0.6) is 11.5 Å². The fraction of sp³-hybridized carbons (Fsp3) is 0.318. The minimum Gasteiger partial charge on any atom is -0.493 e. The van der Waals surface area contributed by atoms with E-state index in [-0.39, 0.29) is 18.3 Å². The highest BCUT2D eigenvalue weighted by Gasteiger charge is 2.10. The Hall–Kier alpha value is -2.82. The summed E-state index contributed by atoms with van der Waals surface area (Å²) >= 11 is 0. The summed E-state index contributed by atoms with van der Waals surface area (Å²) in [4.78, 5) is 13.8. The van der Waals surface area contributed by atoms with Crippen molar-refractivity contribution in [1.29, 1.82) is 0 Å². The van der Waals surface area contributed by atoms with Crippen LogP contribution in [0.2, 0.25) is 0 Å². The molecule has 2 aromatic rings. The minimum absolute atomic E-state index is 0.209. The molecule has 4 nitrogen and oxygen atoms in total. The number of benzene rings is 2. The first kappa shape index (κ1) is 20.5. The Morgan fingerprint density at radius 1 is 1.19 bits per heavy atom. The van der Waals surface area contributed by atoms with Gasteiger partial charge >= 0.3 is 0 Å². The summed E-state index contributed by atoms with van der Waals surface area (Å²) in [5.41, 5.74) is 1.30. The van der Waals surface area contributed by atoms with Gasteiger partial charge in [0.1, 0.15) is 5.82 Å². The fourth-order valence-electron chi connectivity index (χ4n) is 2.42. The summed E-state index contributed by atoms with van der Waals surface area (Å²) in [5, 5.41) is 0. The average Bonchev–Trinajstić information content (AvgIpc) is 2.66. The highest BCUT2D eigenvalue weighted by Crippen LogP contribution is 2.29. The molecule has 0 saturated carbocycles. The van der Waals surface area contributed by atoms with Gasteiger partial charge in [-0.05, 0) is 35.8 Å². The molecule has 0 aromatic heterocycles. The second kappa shape index (κ2) is 9.76. The predicted octanol–water partition coefficient (Wildman–Crippen LogP) is 4.54. The van der Waals surface area contributed by atoms with Gasteiger partial charge in [-0.25, -0.2) is 4.39 Å². The van der Waals surface area contributed by atoms with E-state index in [2.05, 4.69) is 13.8 Å². The van der Waals surface area contributed by atoms with Crippen LogP contribution in [0.4, 0.5) is 4.39 Å². The van der Waals surface area contributed by atoms with E-state index < -0.39 is 0 Å². The first-order chi connectivity index (χ1) is 12.9. The van der Waals surface area contributed by atoms with Crippen LogP contribution in [0, 0.1) is 11.7 Å². The third kappa shape index (κ3) is 6.13. The smallest absolute Gasteiger partial charge is 0.246 e. The Morgan fingerprint density at radius 3 is 2.59 bits per heavy atom. The number of halogens is 1. The largest absolute Gasteiger partial charge is 0.493 e. The van der Waals surface area contributed by atoms with Crippen LogP contribution in [0.1, 0.15) is 25.0 Å². The van der Waals surface area contributed by atoms with Crippen molar-refractivity contribution in [1.82, 2.24) is 4.90 Å². The predicted molar refractivity (Wildman–Crippen MR) is 105 cm³/mol. The summed E-state index contributed by atoms with van der Waals surface area (Å²) in [7, 11) is 3.22. The number of hydrogen-bond donors (Lipinski definition) is 0. The van der Waals surface area contributed by atoms with Gasteiger partial charge in [0.2, 0.25) is 5.91 Å². The maximum absolute atomic E-state index is 13.7. The van der Waals surface area contributed by atoms with Crippen LogP contribution >= 0.6 is 0 Å². The van der Waals surface area contributed by atoms with E-state index in [1.807, 2.05) is 18.2 Å². The van der Waals surface area contributed by atoms with Crippen molar-refractivity contribution in [2.24, 2.45) is 5.92 Å². The van der Waals surface area contributed by atoms with Crippen molar-refractivity contribution in [2.45, 2.75) is 20.4 Å². The second-order valence-corrected chi connectivity index (χ2v) is 6.73. The number of hydrogen-bond acceptors (Lipinski definition) is 3. The van der Waals surface area contributed by atoms with E-state index in [1.54, 1.807) is 38.4 Å². The first-order valence-electron chi connectivity index (χ1n) is 8.88. The van der Waals surface area contributed by atoms with Crippen LogP contribution in [-0.2, 0) is 11.3 Å². The summed E-state index contributed by atoms with van der Waals surface area (Å²) in [6.45, 7) is 4.96. The molecule has 0 aliphatic rings. The molecule has 5 heteroatoms. The fourth-order valence-corrected chi connectivity index (χ4v) is 2.42. The van der Waals surface area contributed by atoms with Crippen LogP contribution in [0.3, 0.4) is 0 Å². The Bertz CT molecular complexity index is 802. The van der Waals surface area contributed by atoms with Gasteiger partial charge in [0, 0.05) is 25.2 Å². The molecule has 0 unspecified atom stereocenters. The SMILES string of the molecule is COc1cc(/C=C/C(=O)N(C)Cc2ccccc2F)ccc1OCC(C)C. The molecule has 1 amide bonds. The second-order valence-electron chi connectivity index (χ2n) is 6.73. The van der Waals surface area contributed by atoms with E-state index >= 15 is 0 Å². The quantitative estimate of drug-likeness (QED) is 0.640. The Balaban J connectivity index is 2.03. The molecular formula is C22H26FNO3. The van der Waals surface area contributed by atoms with Gasteiger partial charge in [0.25, 0.3) is 0 Å². The summed E-state index contributed by atoms with van der Waals surface area (Å²) < 4.78 is 24.8. The zero-order chi connectivity index (χ0) is 19.8. The molecule has 2 rings (SSSR count). The lowest BCUT2D eigenvalue weighted by molar-refractivity contribution is -0.125. The zero-order valence-electron chi connectivity index (χ0n) is 16.2. The molecule has 144 valence electrons.